The van der Waals surface area contributed by atoms with E-state index in [2.05, 4.69) is 45.8 Å². The SMILES string of the molecule is C#CCOc1ccc(CCNC(=NC)NCc2nc(C(C)C)cs2)cc1. The summed E-state index contributed by atoms with van der Waals surface area (Å²) in [6.45, 7) is 6.07. The monoisotopic (exact) mass is 370 g/mol. The molecule has 26 heavy (non-hydrogen) atoms. The van der Waals surface area contributed by atoms with Crippen molar-refractivity contribution in [1.82, 2.24) is 15.6 Å². The highest BCUT2D eigenvalue weighted by Gasteiger charge is 2.06. The lowest BCUT2D eigenvalue weighted by molar-refractivity contribution is 0.370. The maximum atomic E-state index is 5.37. The fourth-order valence-corrected chi connectivity index (χ4v) is 3.15. The molecule has 6 heteroatoms. The minimum atomic E-state index is 0.292. The van der Waals surface area contributed by atoms with Gasteiger partial charge in [-0.3, -0.25) is 4.99 Å². The topological polar surface area (TPSA) is 58.5 Å². The van der Waals surface area contributed by atoms with Crippen molar-refractivity contribution in [1.29, 1.82) is 0 Å². The Morgan fingerprint density at radius 1 is 1.31 bits per heavy atom. The number of ether oxygens (including phenoxy) is 1. The van der Waals surface area contributed by atoms with Crippen LogP contribution in [0.5, 0.6) is 5.75 Å². The fourth-order valence-electron chi connectivity index (χ4n) is 2.25. The lowest BCUT2D eigenvalue weighted by Gasteiger charge is -2.11. The van der Waals surface area contributed by atoms with Gasteiger partial charge >= 0.3 is 0 Å². The minimum absolute atomic E-state index is 0.292. The lowest BCUT2D eigenvalue weighted by atomic mass is 10.1. The Bertz CT molecular complexity index is 744. The second-order valence-corrected chi connectivity index (χ2v) is 7.00. The summed E-state index contributed by atoms with van der Waals surface area (Å²) in [5, 5.41) is 9.82. The van der Waals surface area contributed by atoms with Crippen molar-refractivity contribution >= 4 is 17.3 Å². The average molecular weight is 371 g/mol. The molecule has 0 saturated heterocycles. The average Bonchev–Trinajstić information content (AvgIpc) is 3.13. The molecule has 0 aliphatic carbocycles. The highest BCUT2D eigenvalue weighted by molar-refractivity contribution is 7.09. The van der Waals surface area contributed by atoms with Gasteiger partial charge in [-0.05, 0) is 30.0 Å². The molecule has 0 aliphatic heterocycles. The number of hydrogen-bond acceptors (Lipinski definition) is 4. The molecule has 0 bridgehead atoms. The Morgan fingerprint density at radius 3 is 2.69 bits per heavy atom. The van der Waals surface area contributed by atoms with Crippen LogP contribution in [-0.4, -0.2) is 31.1 Å². The van der Waals surface area contributed by atoms with E-state index in [1.165, 1.54) is 5.56 Å². The van der Waals surface area contributed by atoms with Crippen LogP contribution in [0.15, 0.2) is 34.6 Å². The first-order valence-corrected chi connectivity index (χ1v) is 9.54. The summed E-state index contributed by atoms with van der Waals surface area (Å²) in [7, 11) is 1.77. The third kappa shape index (κ3) is 6.41. The molecule has 0 radical (unpaired) electrons. The van der Waals surface area contributed by atoms with Gasteiger partial charge in [-0.2, -0.15) is 0 Å². The van der Waals surface area contributed by atoms with E-state index in [0.29, 0.717) is 19.1 Å². The highest BCUT2D eigenvalue weighted by Crippen LogP contribution is 2.17. The van der Waals surface area contributed by atoms with E-state index in [-0.39, 0.29) is 0 Å². The number of aromatic nitrogens is 1. The normalized spacial score (nSPS) is 11.3. The number of nitrogens with one attached hydrogen (secondary N) is 2. The Morgan fingerprint density at radius 2 is 2.08 bits per heavy atom. The molecule has 0 saturated carbocycles. The summed E-state index contributed by atoms with van der Waals surface area (Å²) in [6.07, 6.45) is 6.08. The molecule has 2 rings (SSSR count). The Labute approximate surface area is 159 Å². The molecule has 0 spiro atoms. The van der Waals surface area contributed by atoms with E-state index in [1.54, 1.807) is 18.4 Å². The summed E-state index contributed by atoms with van der Waals surface area (Å²) in [5.41, 5.74) is 2.37. The number of guanidine groups is 1. The Hall–Kier alpha value is -2.52. The standard InChI is InChI=1S/C20H26N4OS/c1-5-12-25-17-8-6-16(7-9-17)10-11-22-20(21-4)23-13-19-24-18(14-26-19)15(2)3/h1,6-9,14-15H,10-13H2,2-4H3,(H2,21,22,23). The second kappa shape index (κ2) is 10.5. The Kier molecular flexibility index (Phi) is 7.97. The first kappa shape index (κ1) is 19.8. The molecular formula is C20H26N4OS. The molecule has 2 aromatic rings. The van der Waals surface area contributed by atoms with E-state index in [9.17, 15) is 0 Å². The zero-order valence-electron chi connectivity index (χ0n) is 15.6. The van der Waals surface area contributed by atoms with Gasteiger partial charge in [0.05, 0.1) is 12.2 Å². The first-order chi connectivity index (χ1) is 12.6. The van der Waals surface area contributed by atoms with Crippen molar-refractivity contribution in [3.05, 3.63) is 45.9 Å². The van der Waals surface area contributed by atoms with Crippen LogP contribution in [0.4, 0.5) is 0 Å². The van der Waals surface area contributed by atoms with Crippen LogP contribution in [0, 0.1) is 12.3 Å². The summed E-state index contributed by atoms with van der Waals surface area (Å²) in [5.74, 6) is 4.49. The first-order valence-electron chi connectivity index (χ1n) is 8.66. The zero-order valence-corrected chi connectivity index (χ0v) is 16.4. The van der Waals surface area contributed by atoms with Gasteiger partial charge in [0.25, 0.3) is 0 Å². The summed E-state index contributed by atoms with van der Waals surface area (Å²) in [6, 6.07) is 7.97. The molecule has 1 aromatic heterocycles. The number of aliphatic imine (C=N–C) groups is 1. The van der Waals surface area contributed by atoms with Crippen LogP contribution in [-0.2, 0) is 13.0 Å². The third-order valence-corrected chi connectivity index (χ3v) is 4.61. The van der Waals surface area contributed by atoms with Crippen molar-refractivity contribution < 1.29 is 4.74 Å². The predicted molar refractivity (Wildman–Crippen MR) is 109 cm³/mol. The Balaban J connectivity index is 1.73. The molecule has 1 aromatic carbocycles. The van der Waals surface area contributed by atoms with E-state index in [0.717, 1.165) is 35.4 Å². The van der Waals surface area contributed by atoms with Gasteiger partial charge in [0.2, 0.25) is 0 Å². The number of benzene rings is 1. The van der Waals surface area contributed by atoms with E-state index in [4.69, 9.17) is 11.2 Å². The van der Waals surface area contributed by atoms with Crippen molar-refractivity contribution in [2.75, 3.05) is 20.2 Å². The van der Waals surface area contributed by atoms with Gasteiger partial charge in [-0.1, -0.05) is 31.9 Å². The molecule has 0 unspecified atom stereocenters. The summed E-state index contributed by atoms with van der Waals surface area (Å²) < 4.78 is 5.37. The van der Waals surface area contributed by atoms with E-state index in [1.807, 2.05) is 24.3 Å². The van der Waals surface area contributed by atoms with Crippen LogP contribution >= 0.6 is 11.3 Å². The molecule has 0 aliphatic rings. The molecule has 1 heterocycles. The largest absolute Gasteiger partial charge is 0.481 e. The van der Waals surface area contributed by atoms with Crippen LogP contribution in [0.25, 0.3) is 0 Å². The molecule has 0 atom stereocenters. The molecule has 2 N–H and O–H groups in total. The quantitative estimate of drug-likeness (QED) is 0.426. The van der Waals surface area contributed by atoms with Crippen LogP contribution in [0.3, 0.4) is 0 Å². The van der Waals surface area contributed by atoms with Gasteiger partial charge in [0.15, 0.2) is 5.96 Å². The molecule has 0 fully saturated rings. The summed E-state index contributed by atoms with van der Waals surface area (Å²) in [4.78, 5) is 8.88. The second-order valence-electron chi connectivity index (χ2n) is 6.06. The van der Waals surface area contributed by atoms with Crippen molar-refractivity contribution in [3.63, 3.8) is 0 Å². The smallest absolute Gasteiger partial charge is 0.191 e. The summed E-state index contributed by atoms with van der Waals surface area (Å²) >= 11 is 1.68. The lowest BCUT2D eigenvalue weighted by Crippen LogP contribution is -2.37. The van der Waals surface area contributed by atoms with Crippen LogP contribution in [0.2, 0.25) is 0 Å². The third-order valence-electron chi connectivity index (χ3n) is 3.74. The molecule has 138 valence electrons. The van der Waals surface area contributed by atoms with Crippen LogP contribution < -0.4 is 15.4 Å². The van der Waals surface area contributed by atoms with Crippen LogP contribution in [0.1, 0.15) is 36.0 Å². The zero-order chi connectivity index (χ0) is 18.8. The van der Waals surface area contributed by atoms with E-state index < -0.39 is 0 Å². The number of hydrogen-bond donors (Lipinski definition) is 2. The van der Waals surface area contributed by atoms with Gasteiger partial charge in [-0.15, -0.1) is 17.8 Å². The van der Waals surface area contributed by atoms with Gasteiger partial charge < -0.3 is 15.4 Å². The fraction of sp³-hybridized carbons (Fsp3) is 0.400. The maximum Gasteiger partial charge on any atom is 0.191 e. The van der Waals surface area contributed by atoms with Crippen molar-refractivity contribution in [2.45, 2.75) is 32.7 Å². The maximum absolute atomic E-state index is 5.37. The number of terminal acetylenes is 1. The van der Waals surface area contributed by atoms with Gasteiger partial charge in [-0.25, -0.2) is 4.98 Å². The molecule has 5 nitrogen and oxygen atoms in total. The number of thiazole rings is 1. The van der Waals surface area contributed by atoms with Crippen molar-refractivity contribution in [2.24, 2.45) is 4.99 Å². The molecular weight excluding hydrogens is 344 g/mol. The minimum Gasteiger partial charge on any atom is -0.481 e. The highest BCUT2D eigenvalue weighted by atomic mass is 32.1. The van der Waals surface area contributed by atoms with Gasteiger partial charge in [0.1, 0.15) is 17.4 Å². The van der Waals surface area contributed by atoms with Gasteiger partial charge in [0, 0.05) is 19.0 Å². The molecule has 0 amide bonds. The number of nitrogens with zero attached hydrogens (tertiary/aromatic N) is 2. The van der Waals surface area contributed by atoms with E-state index >= 15 is 0 Å². The predicted octanol–water partition coefficient (Wildman–Crippen LogP) is 3.19. The number of rotatable bonds is 8. The van der Waals surface area contributed by atoms with Crippen molar-refractivity contribution in [3.8, 4) is 18.1 Å².